The highest BCUT2D eigenvalue weighted by molar-refractivity contribution is 6.01. The first-order chi connectivity index (χ1) is 11.5. The third-order valence-electron chi connectivity index (χ3n) is 3.11. The molecule has 0 bridgehead atoms. The van der Waals surface area contributed by atoms with Gasteiger partial charge in [0.25, 0.3) is 11.8 Å². The fraction of sp³-hybridized carbons (Fsp3) is 0.625. The molecule has 8 nitrogen and oxygen atoms in total. The summed E-state index contributed by atoms with van der Waals surface area (Å²) in [6.45, 7) is 1.46. The molecule has 1 saturated heterocycles. The number of amides is 2. The van der Waals surface area contributed by atoms with E-state index in [-0.39, 0.29) is 44.5 Å². The summed E-state index contributed by atoms with van der Waals surface area (Å²) in [6.07, 6.45) is 5.73. The van der Waals surface area contributed by atoms with Gasteiger partial charge in [-0.3, -0.25) is 14.4 Å². The van der Waals surface area contributed by atoms with Crippen molar-refractivity contribution in [2.45, 2.75) is 38.5 Å². The van der Waals surface area contributed by atoms with Crippen molar-refractivity contribution < 1.29 is 33.5 Å². The molecule has 0 atom stereocenters. The van der Waals surface area contributed by atoms with E-state index in [0.29, 0.717) is 31.3 Å². The van der Waals surface area contributed by atoms with Crippen LogP contribution < -0.4 is 0 Å². The Bertz CT molecular complexity index is 493. The maximum Gasteiger partial charge on any atom is 0.333 e. The SMILES string of the molecule is C#CCOCCOCCCC(=O)CCC(=O)ON1C(=O)CCC1=O. The van der Waals surface area contributed by atoms with Gasteiger partial charge in [-0.25, -0.2) is 4.79 Å². The first-order valence-corrected chi connectivity index (χ1v) is 7.72. The van der Waals surface area contributed by atoms with Gasteiger partial charge in [-0.1, -0.05) is 5.92 Å². The monoisotopic (exact) mass is 339 g/mol. The number of hydroxylamine groups is 2. The van der Waals surface area contributed by atoms with Crippen molar-refractivity contribution in [2.24, 2.45) is 0 Å². The third kappa shape index (κ3) is 7.85. The number of rotatable bonds is 12. The molecule has 24 heavy (non-hydrogen) atoms. The van der Waals surface area contributed by atoms with Gasteiger partial charge in [0, 0.05) is 32.3 Å². The van der Waals surface area contributed by atoms with Gasteiger partial charge in [0.05, 0.1) is 19.6 Å². The predicted octanol–water partition coefficient (Wildman–Crippen LogP) is 0.389. The van der Waals surface area contributed by atoms with Crippen LogP contribution in [0, 0.1) is 12.3 Å². The van der Waals surface area contributed by atoms with Crippen molar-refractivity contribution in [1.29, 1.82) is 0 Å². The second kappa shape index (κ2) is 11.3. The van der Waals surface area contributed by atoms with Crippen LogP contribution in [-0.2, 0) is 33.5 Å². The Labute approximate surface area is 140 Å². The van der Waals surface area contributed by atoms with Crippen molar-refractivity contribution in [1.82, 2.24) is 5.06 Å². The fourth-order valence-electron chi connectivity index (χ4n) is 1.89. The van der Waals surface area contributed by atoms with Crippen molar-refractivity contribution in [2.75, 3.05) is 26.4 Å². The molecule has 8 heteroatoms. The van der Waals surface area contributed by atoms with Gasteiger partial charge in [-0.2, -0.15) is 0 Å². The number of hydrogen-bond donors (Lipinski definition) is 0. The molecule has 1 heterocycles. The van der Waals surface area contributed by atoms with E-state index in [0.717, 1.165) is 0 Å². The second-order valence-electron chi connectivity index (χ2n) is 5.06. The molecule has 1 rings (SSSR count). The standard InChI is InChI=1S/C16H21NO7/c1-2-9-22-11-12-23-10-3-4-13(18)5-8-16(21)24-17-14(19)6-7-15(17)20/h1H,3-12H2. The molecule has 0 aromatic heterocycles. The minimum Gasteiger partial charge on any atom is -0.379 e. The molecule has 1 aliphatic heterocycles. The van der Waals surface area contributed by atoms with E-state index >= 15 is 0 Å². The molecular weight excluding hydrogens is 318 g/mol. The fourth-order valence-corrected chi connectivity index (χ4v) is 1.89. The first kappa shape index (κ1) is 19.8. The summed E-state index contributed by atoms with van der Waals surface area (Å²) < 4.78 is 10.3. The van der Waals surface area contributed by atoms with Gasteiger partial charge in [-0.05, 0) is 6.42 Å². The zero-order valence-corrected chi connectivity index (χ0v) is 13.5. The van der Waals surface area contributed by atoms with Gasteiger partial charge < -0.3 is 14.3 Å². The highest BCUT2D eigenvalue weighted by Crippen LogP contribution is 2.13. The quantitative estimate of drug-likeness (QED) is 0.288. The lowest BCUT2D eigenvalue weighted by Gasteiger charge is -2.12. The van der Waals surface area contributed by atoms with Gasteiger partial charge in [-0.15, -0.1) is 11.5 Å². The maximum atomic E-state index is 11.6. The molecule has 132 valence electrons. The molecular formula is C16H21NO7. The number of imide groups is 1. The van der Waals surface area contributed by atoms with Crippen molar-refractivity contribution in [3.63, 3.8) is 0 Å². The molecule has 2 amide bonds. The van der Waals surface area contributed by atoms with Crippen molar-refractivity contribution >= 4 is 23.6 Å². The lowest BCUT2D eigenvalue weighted by molar-refractivity contribution is -0.197. The van der Waals surface area contributed by atoms with E-state index in [1.807, 2.05) is 0 Å². The number of ether oxygens (including phenoxy) is 2. The summed E-state index contributed by atoms with van der Waals surface area (Å²) >= 11 is 0. The average molecular weight is 339 g/mol. The van der Waals surface area contributed by atoms with Crippen molar-refractivity contribution in [3.8, 4) is 12.3 Å². The van der Waals surface area contributed by atoms with Crippen LogP contribution in [0.5, 0.6) is 0 Å². The second-order valence-corrected chi connectivity index (χ2v) is 5.06. The summed E-state index contributed by atoms with van der Waals surface area (Å²) in [6, 6.07) is 0. The molecule has 0 spiro atoms. The molecule has 1 aliphatic rings. The summed E-state index contributed by atoms with van der Waals surface area (Å²) in [4.78, 5) is 50.4. The Morgan fingerprint density at radius 3 is 2.33 bits per heavy atom. The Morgan fingerprint density at radius 1 is 1.00 bits per heavy atom. The summed E-state index contributed by atoms with van der Waals surface area (Å²) in [5, 5.41) is 0.475. The van der Waals surface area contributed by atoms with E-state index in [2.05, 4.69) is 10.8 Å². The van der Waals surface area contributed by atoms with E-state index in [4.69, 9.17) is 15.9 Å². The van der Waals surface area contributed by atoms with Crippen LogP contribution in [0.25, 0.3) is 0 Å². The molecule has 0 unspecified atom stereocenters. The lowest BCUT2D eigenvalue weighted by atomic mass is 10.1. The van der Waals surface area contributed by atoms with E-state index in [9.17, 15) is 19.2 Å². The van der Waals surface area contributed by atoms with Crippen LogP contribution >= 0.6 is 0 Å². The van der Waals surface area contributed by atoms with Crippen LogP contribution in [0.2, 0.25) is 0 Å². The topological polar surface area (TPSA) is 99.2 Å². The highest BCUT2D eigenvalue weighted by atomic mass is 16.7. The summed E-state index contributed by atoms with van der Waals surface area (Å²) in [5.41, 5.74) is 0. The molecule has 0 aromatic rings. The Kier molecular flexibility index (Phi) is 9.34. The Morgan fingerprint density at radius 2 is 1.67 bits per heavy atom. The van der Waals surface area contributed by atoms with Crippen LogP contribution in [0.15, 0.2) is 0 Å². The molecule has 0 aromatic carbocycles. The van der Waals surface area contributed by atoms with E-state index in [1.54, 1.807) is 0 Å². The number of hydrogen-bond acceptors (Lipinski definition) is 7. The average Bonchev–Trinajstić information content (AvgIpc) is 2.87. The number of carbonyl (C=O) groups is 4. The number of nitrogens with zero attached hydrogens (tertiary/aromatic N) is 1. The number of Topliss-reactive ketones (excluding diaryl/α,β-unsaturated/α-hetero) is 1. The molecule has 0 N–H and O–H groups in total. The predicted molar refractivity (Wildman–Crippen MR) is 81.1 cm³/mol. The summed E-state index contributed by atoms with van der Waals surface area (Å²) in [5.74, 6) is 0.375. The van der Waals surface area contributed by atoms with Gasteiger partial charge in [0.1, 0.15) is 12.4 Å². The number of ketones is 1. The van der Waals surface area contributed by atoms with Crippen LogP contribution in [0.3, 0.4) is 0 Å². The maximum absolute atomic E-state index is 11.6. The third-order valence-corrected chi connectivity index (χ3v) is 3.11. The minimum atomic E-state index is -0.770. The smallest absolute Gasteiger partial charge is 0.333 e. The largest absolute Gasteiger partial charge is 0.379 e. The summed E-state index contributed by atoms with van der Waals surface area (Å²) in [7, 11) is 0. The normalized spacial score (nSPS) is 13.9. The molecule has 1 fully saturated rings. The van der Waals surface area contributed by atoms with Crippen LogP contribution in [0.4, 0.5) is 0 Å². The first-order valence-electron chi connectivity index (χ1n) is 7.72. The number of carbonyl (C=O) groups excluding carboxylic acids is 4. The number of terminal acetylenes is 1. The van der Waals surface area contributed by atoms with Gasteiger partial charge >= 0.3 is 5.97 Å². The molecule has 0 aliphatic carbocycles. The van der Waals surface area contributed by atoms with Crippen LogP contribution in [0.1, 0.15) is 38.5 Å². The Balaban J connectivity index is 2.03. The van der Waals surface area contributed by atoms with Gasteiger partial charge in [0.2, 0.25) is 0 Å². The van der Waals surface area contributed by atoms with Gasteiger partial charge in [0.15, 0.2) is 0 Å². The van der Waals surface area contributed by atoms with E-state index in [1.165, 1.54) is 0 Å². The molecule has 0 saturated carbocycles. The highest BCUT2D eigenvalue weighted by Gasteiger charge is 2.32. The minimum absolute atomic E-state index is 0.000332. The zero-order valence-electron chi connectivity index (χ0n) is 13.5. The zero-order chi connectivity index (χ0) is 17.8. The Hall–Kier alpha value is -2.24. The molecule has 0 radical (unpaired) electrons. The van der Waals surface area contributed by atoms with Crippen LogP contribution in [-0.4, -0.2) is 55.1 Å². The van der Waals surface area contributed by atoms with E-state index < -0.39 is 17.8 Å². The van der Waals surface area contributed by atoms with Crippen molar-refractivity contribution in [3.05, 3.63) is 0 Å². The lowest BCUT2D eigenvalue weighted by Crippen LogP contribution is -2.32.